The highest BCUT2D eigenvalue weighted by Gasteiger charge is 2.49. The van der Waals surface area contributed by atoms with Crippen LogP contribution in [0.2, 0.25) is 0 Å². The van der Waals surface area contributed by atoms with Crippen molar-refractivity contribution in [3.05, 3.63) is 11.6 Å². The number of ketones is 1. The SMILES string of the molecule is CC(=O)C1(C)CC2C(=CC1C)C(O)CCC2(C)C. The van der Waals surface area contributed by atoms with E-state index in [1.165, 1.54) is 5.57 Å². The van der Waals surface area contributed by atoms with E-state index >= 15 is 0 Å². The second kappa shape index (κ2) is 4.19. The van der Waals surface area contributed by atoms with Gasteiger partial charge in [0.25, 0.3) is 0 Å². The molecule has 0 spiro atoms. The highest BCUT2D eigenvalue weighted by molar-refractivity contribution is 5.83. The molecule has 0 aromatic carbocycles. The third-order valence-corrected chi connectivity index (χ3v) is 5.67. The number of hydrogen-bond acceptors (Lipinski definition) is 2. The Morgan fingerprint density at radius 3 is 2.56 bits per heavy atom. The third-order valence-electron chi connectivity index (χ3n) is 5.67. The summed E-state index contributed by atoms with van der Waals surface area (Å²) in [7, 11) is 0. The number of aliphatic hydroxyl groups excluding tert-OH is 1. The van der Waals surface area contributed by atoms with Gasteiger partial charge in [-0.2, -0.15) is 0 Å². The standard InChI is InChI=1S/C16H26O2/c1-10-8-12-13(9-16(10,5)11(2)17)15(3,4)7-6-14(12)18/h8,10,13-14,18H,6-7,9H2,1-5H3. The minimum Gasteiger partial charge on any atom is -0.389 e. The monoisotopic (exact) mass is 250 g/mol. The molecule has 0 aromatic heterocycles. The van der Waals surface area contributed by atoms with Gasteiger partial charge in [-0.3, -0.25) is 4.79 Å². The van der Waals surface area contributed by atoms with E-state index < -0.39 is 0 Å². The van der Waals surface area contributed by atoms with Crippen LogP contribution in [0.4, 0.5) is 0 Å². The van der Waals surface area contributed by atoms with Crippen LogP contribution in [0.15, 0.2) is 11.6 Å². The van der Waals surface area contributed by atoms with Gasteiger partial charge in [0.2, 0.25) is 0 Å². The topological polar surface area (TPSA) is 37.3 Å². The van der Waals surface area contributed by atoms with Crippen molar-refractivity contribution >= 4 is 5.78 Å². The van der Waals surface area contributed by atoms with Crippen molar-refractivity contribution < 1.29 is 9.90 Å². The quantitative estimate of drug-likeness (QED) is 0.725. The van der Waals surface area contributed by atoms with Crippen LogP contribution in [0.3, 0.4) is 0 Å². The fraction of sp³-hybridized carbons (Fsp3) is 0.812. The molecule has 1 N–H and O–H groups in total. The Labute approximate surface area is 110 Å². The van der Waals surface area contributed by atoms with Crippen LogP contribution < -0.4 is 0 Å². The normalized spacial score (nSPS) is 43.0. The number of fused-ring (bicyclic) bond motifs is 1. The summed E-state index contributed by atoms with van der Waals surface area (Å²) >= 11 is 0. The highest BCUT2D eigenvalue weighted by atomic mass is 16.3. The van der Waals surface area contributed by atoms with Crippen LogP contribution in [0.5, 0.6) is 0 Å². The van der Waals surface area contributed by atoms with Crippen molar-refractivity contribution in [1.82, 2.24) is 0 Å². The number of rotatable bonds is 1. The van der Waals surface area contributed by atoms with Gasteiger partial charge in [0.1, 0.15) is 5.78 Å². The Bertz CT molecular complexity index is 394. The fourth-order valence-corrected chi connectivity index (χ4v) is 3.70. The molecule has 2 rings (SSSR count). The second-order valence-electron chi connectivity index (χ2n) is 7.23. The summed E-state index contributed by atoms with van der Waals surface area (Å²) in [6, 6.07) is 0. The summed E-state index contributed by atoms with van der Waals surface area (Å²) in [6.07, 6.45) is 4.68. The van der Waals surface area contributed by atoms with Gasteiger partial charge in [0.05, 0.1) is 6.10 Å². The van der Waals surface area contributed by atoms with Crippen LogP contribution in [0.1, 0.15) is 53.9 Å². The van der Waals surface area contributed by atoms with E-state index in [4.69, 9.17) is 0 Å². The van der Waals surface area contributed by atoms with Gasteiger partial charge >= 0.3 is 0 Å². The third kappa shape index (κ3) is 1.95. The van der Waals surface area contributed by atoms with Gasteiger partial charge in [0, 0.05) is 5.41 Å². The number of Topliss-reactive ketones (excluding diaryl/α,β-unsaturated/α-hetero) is 1. The van der Waals surface area contributed by atoms with E-state index in [-0.39, 0.29) is 28.6 Å². The molecule has 0 bridgehead atoms. The molecule has 2 nitrogen and oxygen atoms in total. The van der Waals surface area contributed by atoms with E-state index in [0.717, 1.165) is 19.3 Å². The van der Waals surface area contributed by atoms with Gasteiger partial charge in [-0.1, -0.05) is 33.8 Å². The number of carbonyl (C=O) groups is 1. The van der Waals surface area contributed by atoms with Crippen LogP contribution in [0, 0.1) is 22.7 Å². The predicted molar refractivity (Wildman–Crippen MR) is 73.2 cm³/mol. The number of allylic oxidation sites excluding steroid dienone is 1. The molecule has 0 radical (unpaired) electrons. The van der Waals surface area contributed by atoms with Crippen LogP contribution >= 0.6 is 0 Å². The molecular weight excluding hydrogens is 224 g/mol. The molecule has 102 valence electrons. The Morgan fingerprint density at radius 2 is 2.00 bits per heavy atom. The van der Waals surface area contributed by atoms with Crippen molar-refractivity contribution in [3.8, 4) is 0 Å². The lowest BCUT2D eigenvalue weighted by Crippen LogP contribution is -2.46. The Morgan fingerprint density at radius 1 is 1.39 bits per heavy atom. The first-order valence-corrected chi connectivity index (χ1v) is 7.09. The zero-order valence-corrected chi connectivity index (χ0v) is 12.3. The van der Waals surface area contributed by atoms with Crippen molar-refractivity contribution in [2.45, 2.75) is 60.0 Å². The number of hydrogen-bond donors (Lipinski definition) is 1. The predicted octanol–water partition coefficient (Wildman–Crippen LogP) is 3.35. The number of carbonyl (C=O) groups excluding carboxylic acids is 1. The van der Waals surface area contributed by atoms with E-state index in [1.807, 2.05) is 0 Å². The van der Waals surface area contributed by atoms with Gasteiger partial charge in [-0.15, -0.1) is 0 Å². The highest BCUT2D eigenvalue weighted by Crippen LogP contribution is 2.54. The average molecular weight is 250 g/mol. The van der Waals surface area contributed by atoms with Gasteiger partial charge in [0.15, 0.2) is 0 Å². The molecule has 18 heavy (non-hydrogen) atoms. The zero-order chi connectivity index (χ0) is 13.7. The maximum absolute atomic E-state index is 12.0. The largest absolute Gasteiger partial charge is 0.389 e. The molecule has 2 heteroatoms. The molecule has 0 heterocycles. The van der Waals surface area contributed by atoms with E-state index in [0.29, 0.717) is 5.92 Å². The van der Waals surface area contributed by atoms with Crippen molar-refractivity contribution in [3.63, 3.8) is 0 Å². The van der Waals surface area contributed by atoms with Crippen molar-refractivity contribution in [2.75, 3.05) is 0 Å². The van der Waals surface area contributed by atoms with Gasteiger partial charge in [-0.05, 0) is 49.0 Å². The Kier molecular flexibility index (Phi) is 3.21. The molecule has 1 fully saturated rings. The minimum absolute atomic E-state index is 0.196. The lowest BCUT2D eigenvalue weighted by Gasteiger charge is -2.50. The lowest BCUT2D eigenvalue weighted by molar-refractivity contribution is -0.130. The molecule has 4 atom stereocenters. The van der Waals surface area contributed by atoms with E-state index in [9.17, 15) is 9.90 Å². The van der Waals surface area contributed by atoms with Crippen molar-refractivity contribution in [1.29, 1.82) is 0 Å². The fourth-order valence-electron chi connectivity index (χ4n) is 3.70. The molecule has 4 unspecified atom stereocenters. The first kappa shape index (κ1) is 13.8. The summed E-state index contributed by atoms with van der Waals surface area (Å²) < 4.78 is 0. The van der Waals surface area contributed by atoms with Crippen molar-refractivity contribution in [2.24, 2.45) is 22.7 Å². The second-order valence-corrected chi connectivity index (χ2v) is 7.23. The maximum Gasteiger partial charge on any atom is 0.136 e. The lowest BCUT2D eigenvalue weighted by atomic mass is 9.54. The van der Waals surface area contributed by atoms with Crippen LogP contribution in [0.25, 0.3) is 0 Å². The Hall–Kier alpha value is -0.630. The number of aliphatic hydroxyl groups is 1. The van der Waals surface area contributed by atoms with E-state index in [1.54, 1.807) is 6.92 Å². The van der Waals surface area contributed by atoms with Gasteiger partial charge in [-0.25, -0.2) is 0 Å². The van der Waals surface area contributed by atoms with Crippen LogP contribution in [-0.2, 0) is 4.79 Å². The maximum atomic E-state index is 12.0. The van der Waals surface area contributed by atoms with Crippen LogP contribution in [-0.4, -0.2) is 17.0 Å². The molecule has 0 saturated heterocycles. The summed E-state index contributed by atoms with van der Waals surface area (Å²) in [5, 5.41) is 10.2. The molecule has 0 aromatic rings. The first-order chi connectivity index (χ1) is 8.18. The molecular formula is C16H26O2. The molecule has 1 saturated carbocycles. The molecule has 0 amide bonds. The van der Waals surface area contributed by atoms with E-state index in [2.05, 4.69) is 33.8 Å². The van der Waals surface area contributed by atoms with Gasteiger partial charge < -0.3 is 5.11 Å². The molecule has 2 aliphatic carbocycles. The summed E-state index contributed by atoms with van der Waals surface area (Å²) in [6.45, 7) is 10.5. The Balaban J connectivity index is 2.43. The average Bonchev–Trinajstić information content (AvgIpc) is 2.27. The molecule has 2 aliphatic rings. The minimum atomic E-state index is -0.290. The zero-order valence-electron chi connectivity index (χ0n) is 12.3. The first-order valence-electron chi connectivity index (χ1n) is 7.09. The summed E-state index contributed by atoms with van der Waals surface area (Å²) in [5.41, 5.74) is 1.13. The summed E-state index contributed by atoms with van der Waals surface area (Å²) in [4.78, 5) is 12.0. The molecule has 0 aliphatic heterocycles. The smallest absolute Gasteiger partial charge is 0.136 e. The summed E-state index contributed by atoms with van der Waals surface area (Å²) in [5.74, 6) is 0.859.